The zero-order valence-electron chi connectivity index (χ0n) is 10.6. The molecule has 0 amide bonds. The van der Waals surface area contributed by atoms with Crippen molar-refractivity contribution in [3.05, 3.63) is 48.5 Å². The Morgan fingerprint density at radius 1 is 1.11 bits per heavy atom. The number of anilines is 1. The van der Waals surface area contributed by atoms with Crippen LogP contribution in [0.3, 0.4) is 0 Å². The molecule has 4 heteroatoms. The van der Waals surface area contributed by atoms with E-state index >= 15 is 0 Å². The zero-order chi connectivity index (χ0) is 12.4. The van der Waals surface area contributed by atoms with Crippen LogP contribution < -0.4 is 5.32 Å². The highest BCUT2D eigenvalue weighted by Crippen LogP contribution is 2.25. The summed E-state index contributed by atoms with van der Waals surface area (Å²) in [5.74, 6) is 0.666. The van der Waals surface area contributed by atoms with Gasteiger partial charge >= 0.3 is 0 Å². The molecule has 0 aliphatic carbocycles. The molecule has 3 aromatic rings. The van der Waals surface area contributed by atoms with E-state index in [-0.39, 0.29) is 12.4 Å². The van der Waals surface area contributed by atoms with E-state index < -0.39 is 0 Å². The van der Waals surface area contributed by atoms with Gasteiger partial charge in [0.1, 0.15) is 5.52 Å². The van der Waals surface area contributed by atoms with E-state index in [1.54, 1.807) is 0 Å². The van der Waals surface area contributed by atoms with Crippen LogP contribution in [0.25, 0.3) is 22.6 Å². The van der Waals surface area contributed by atoms with Crippen LogP contribution in [0.15, 0.2) is 52.9 Å². The molecule has 0 unspecified atom stereocenters. The second-order valence-electron chi connectivity index (χ2n) is 4.10. The van der Waals surface area contributed by atoms with Gasteiger partial charge in [-0.15, -0.1) is 12.4 Å². The van der Waals surface area contributed by atoms with Gasteiger partial charge in [0.2, 0.25) is 5.89 Å². The molecule has 0 atom stereocenters. The molecule has 1 heterocycles. The number of nitrogens with one attached hydrogen (secondary N) is 1. The van der Waals surface area contributed by atoms with Crippen LogP contribution in [0.1, 0.15) is 6.92 Å². The summed E-state index contributed by atoms with van der Waals surface area (Å²) in [6, 6.07) is 15.9. The molecule has 3 nitrogen and oxygen atoms in total. The Morgan fingerprint density at radius 3 is 2.63 bits per heavy atom. The van der Waals surface area contributed by atoms with E-state index in [2.05, 4.69) is 17.2 Å². The number of nitrogens with zero attached hydrogens (tertiary/aromatic N) is 1. The number of hydrogen-bond donors (Lipinski definition) is 1. The van der Waals surface area contributed by atoms with Crippen molar-refractivity contribution in [2.45, 2.75) is 6.92 Å². The first-order chi connectivity index (χ1) is 8.86. The van der Waals surface area contributed by atoms with Crippen LogP contribution in [0.2, 0.25) is 0 Å². The first-order valence-electron chi connectivity index (χ1n) is 6.06. The number of fused-ring (bicyclic) bond motifs is 1. The summed E-state index contributed by atoms with van der Waals surface area (Å²) in [6.07, 6.45) is 0. The Labute approximate surface area is 118 Å². The minimum atomic E-state index is 0. The van der Waals surface area contributed by atoms with Gasteiger partial charge in [-0.1, -0.05) is 18.2 Å². The van der Waals surface area contributed by atoms with Gasteiger partial charge in [0.15, 0.2) is 5.58 Å². The molecule has 2 aromatic carbocycles. The van der Waals surface area contributed by atoms with Crippen LogP contribution >= 0.6 is 12.4 Å². The molecule has 19 heavy (non-hydrogen) atoms. The van der Waals surface area contributed by atoms with E-state index in [1.165, 1.54) is 0 Å². The van der Waals surface area contributed by atoms with Gasteiger partial charge in [-0.3, -0.25) is 0 Å². The zero-order valence-corrected chi connectivity index (χ0v) is 11.4. The van der Waals surface area contributed by atoms with Gasteiger partial charge in [0, 0.05) is 23.9 Å². The molecule has 1 N–H and O–H groups in total. The molecular formula is C15H15ClN2O. The number of halogens is 1. The number of aromatic nitrogens is 1. The summed E-state index contributed by atoms with van der Waals surface area (Å²) in [6.45, 7) is 2.96. The summed E-state index contributed by atoms with van der Waals surface area (Å²) in [5.41, 5.74) is 3.75. The molecule has 0 aliphatic rings. The highest BCUT2D eigenvalue weighted by Gasteiger charge is 2.07. The SMILES string of the molecule is CCNc1ccc2nc(-c3ccccc3)oc2c1.Cl. The molecule has 0 fully saturated rings. The summed E-state index contributed by atoms with van der Waals surface area (Å²) in [4.78, 5) is 4.49. The molecule has 0 saturated carbocycles. The average molecular weight is 275 g/mol. The van der Waals surface area contributed by atoms with Crippen LogP contribution in [-0.4, -0.2) is 11.5 Å². The van der Waals surface area contributed by atoms with Crippen molar-refractivity contribution in [3.8, 4) is 11.5 Å². The molecule has 0 saturated heterocycles. The lowest BCUT2D eigenvalue weighted by atomic mass is 10.2. The third-order valence-corrected chi connectivity index (χ3v) is 2.79. The lowest BCUT2D eigenvalue weighted by Crippen LogP contribution is -1.95. The number of rotatable bonds is 3. The van der Waals surface area contributed by atoms with E-state index in [4.69, 9.17) is 4.42 Å². The Bertz CT molecular complexity index is 664. The van der Waals surface area contributed by atoms with Crippen molar-refractivity contribution in [1.82, 2.24) is 4.98 Å². The highest BCUT2D eigenvalue weighted by molar-refractivity contribution is 5.85. The third-order valence-electron chi connectivity index (χ3n) is 2.79. The predicted molar refractivity (Wildman–Crippen MR) is 80.9 cm³/mol. The Hall–Kier alpha value is -2.00. The minimum absolute atomic E-state index is 0. The Kier molecular flexibility index (Phi) is 4.07. The summed E-state index contributed by atoms with van der Waals surface area (Å²) in [5, 5.41) is 3.26. The van der Waals surface area contributed by atoms with Gasteiger partial charge in [-0.05, 0) is 31.2 Å². The Balaban J connectivity index is 0.00000133. The minimum Gasteiger partial charge on any atom is -0.436 e. The maximum Gasteiger partial charge on any atom is 0.227 e. The van der Waals surface area contributed by atoms with E-state index in [1.807, 2.05) is 48.5 Å². The van der Waals surface area contributed by atoms with Gasteiger partial charge in [0.05, 0.1) is 0 Å². The lowest BCUT2D eigenvalue weighted by Gasteiger charge is -2.00. The second kappa shape index (κ2) is 5.76. The number of benzene rings is 2. The maximum atomic E-state index is 5.79. The van der Waals surface area contributed by atoms with Crippen molar-refractivity contribution in [1.29, 1.82) is 0 Å². The average Bonchev–Trinajstić information content (AvgIpc) is 2.83. The van der Waals surface area contributed by atoms with Crippen LogP contribution in [0.4, 0.5) is 5.69 Å². The summed E-state index contributed by atoms with van der Waals surface area (Å²) < 4.78 is 5.79. The quantitative estimate of drug-likeness (QED) is 0.772. The van der Waals surface area contributed by atoms with Gasteiger partial charge in [0.25, 0.3) is 0 Å². The van der Waals surface area contributed by atoms with Crippen molar-refractivity contribution in [2.75, 3.05) is 11.9 Å². The van der Waals surface area contributed by atoms with E-state index in [9.17, 15) is 0 Å². The molecule has 98 valence electrons. The second-order valence-corrected chi connectivity index (χ2v) is 4.10. The van der Waals surface area contributed by atoms with Crippen molar-refractivity contribution >= 4 is 29.2 Å². The highest BCUT2D eigenvalue weighted by atomic mass is 35.5. The van der Waals surface area contributed by atoms with Crippen molar-refractivity contribution in [3.63, 3.8) is 0 Å². The standard InChI is InChI=1S/C15H14N2O.ClH/c1-2-16-12-8-9-13-14(10-12)18-15(17-13)11-6-4-3-5-7-11;/h3-10,16H,2H2,1H3;1H. The molecule has 3 rings (SSSR count). The smallest absolute Gasteiger partial charge is 0.227 e. The molecule has 0 aliphatic heterocycles. The molecule has 0 radical (unpaired) electrons. The fourth-order valence-corrected chi connectivity index (χ4v) is 1.94. The fraction of sp³-hybridized carbons (Fsp3) is 0.133. The lowest BCUT2D eigenvalue weighted by molar-refractivity contribution is 0.620. The normalized spacial score (nSPS) is 10.2. The number of oxazole rings is 1. The summed E-state index contributed by atoms with van der Waals surface area (Å²) >= 11 is 0. The van der Waals surface area contributed by atoms with Gasteiger partial charge < -0.3 is 9.73 Å². The van der Waals surface area contributed by atoms with Gasteiger partial charge in [-0.2, -0.15) is 0 Å². The fourth-order valence-electron chi connectivity index (χ4n) is 1.94. The first-order valence-corrected chi connectivity index (χ1v) is 6.06. The first kappa shape index (κ1) is 13.4. The van der Waals surface area contributed by atoms with Crippen molar-refractivity contribution < 1.29 is 4.42 Å². The molecule has 1 aromatic heterocycles. The van der Waals surface area contributed by atoms with Crippen LogP contribution in [0.5, 0.6) is 0 Å². The summed E-state index contributed by atoms with van der Waals surface area (Å²) in [7, 11) is 0. The number of hydrogen-bond acceptors (Lipinski definition) is 3. The maximum absolute atomic E-state index is 5.79. The van der Waals surface area contributed by atoms with Gasteiger partial charge in [-0.25, -0.2) is 4.98 Å². The predicted octanol–water partition coefficient (Wildman–Crippen LogP) is 4.35. The van der Waals surface area contributed by atoms with Crippen LogP contribution in [-0.2, 0) is 0 Å². The van der Waals surface area contributed by atoms with Crippen LogP contribution in [0, 0.1) is 0 Å². The molecular weight excluding hydrogens is 260 g/mol. The topological polar surface area (TPSA) is 38.1 Å². The third kappa shape index (κ3) is 2.71. The molecule has 0 spiro atoms. The molecule has 0 bridgehead atoms. The van der Waals surface area contributed by atoms with E-state index in [0.29, 0.717) is 5.89 Å². The van der Waals surface area contributed by atoms with E-state index in [0.717, 1.165) is 28.9 Å². The van der Waals surface area contributed by atoms with Crippen molar-refractivity contribution in [2.24, 2.45) is 0 Å². The Morgan fingerprint density at radius 2 is 1.89 bits per heavy atom. The largest absolute Gasteiger partial charge is 0.436 e. The monoisotopic (exact) mass is 274 g/mol.